The van der Waals surface area contributed by atoms with Crippen molar-refractivity contribution in [3.63, 3.8) is 0 Å². The van der Waals surface area contributed by atoms with Crippen LogP contribution < -0.4 is 0 Å². The molecule has 0 bridgehead atoms. The Kier molecular flexibility index (Phi) is 3.24. The fraction of sp³-hybridized carbons (Fsp3) is 0.167. The van der Waals surface area contributed by atoms with E-state index in [1.807, 2.05) is 0 Å². The Morgan fingerprint density at radius 3 is 2.94 bits per heavy atom. The van der Waals surface area contributed by atoms with E-state index >= 15 is 0 Å². The van der Waals surface area contributed by atoms with Gasteiger partial charge in [-0.25, -0.2) is 9.37 Å². The van der Waals surface area contributed by atoms with Gasteiger partial charge in [0.2, 0.25) is 0 Å². The first-order valence-electron chi connectivity index (χ1n) is 5.02. The van der Waals surface area contributed by atoms with E-state index in [0.717, 1.165) is 0 Å². The normalized spacial score (nSPS) is 10.5. The number of imidazole rings is 1. The van der Waals surface area contributed by atoms with Crippen LogP contribution in [0.15, 0.2) is 30.7 Å². The molecule has 5 heteroatoms. The second kappa shape index (κ2) is 4.67. The predicted octanol–water partition coefficient (Wildman–Crippen LogP) is 2.64. The minimum absolute atomic E-state index is 0.00298. The molecule has 0 N–H and O–H groups in total. The summed E-state index contributed by atoms with van der Waals surface area (Å²) in [6.45, 7) is 0. The van der Waals surface area contributed by atoms with Gasteiger partial charge < -0.3 is 4.57 Å². The zero-order valence-corrected chi connectivity index (χ0v) is 9.91. The number of benzene rings is 1. The van der Waals surface area contributed by atoms with Crippen molar-refractivity contribution in [2.24, 2.45) is 7.05 Å². The van der Waals surface area contributed by atoms with Crippen LogP contribution >= 0.6 is 11.6 Å². The molecule has 1 heterocycles. The second-order valence-electron chi connectivity index (χ2n) is 3.74. The Labute approximate surface area is 103 Å². The Morgan fingerprint density at radius 2 is 2.29 bits per heavy atom. The van der Waals surface area contributed by atoms with Gasteiger partial charge in [-0.2, -0.15) is 0 Å². The summed E-state index contributed by atoms with van der Waals surface area (Å²) in [6, 6.07) is 4.42. The molecule has 0 radical (unpaired) electrons. The van der Waals surface area contributed by atoms with Gasteiger partial charge in [-0.1, -0.05) is 23.7 Å². The van der Waals surface area contributed by atoms with Crippen LogP contribution in [0.5, 0.6) is 0 Å². The summed E-state index contributed by atoms with van der Waals surface area (Å²) in [6.07, 6.45) is 3.21. The molecule has 0 aliphatic carbocycles. The van der Waals surface area contributed by atoms with Crippen molar-refractivity contribution in [2.75, 3.05) is 0 Å². The lowest BCUT2D eigenvalue weighted by Crippen LogP contribution is -2.05. The van der Waals surface area contributed by atoms with E-state index in [1.165, 1.54) is 12.1 Å². The van der Waals surface area contributed by atoms with Crippen molar-refractivity contribution in [2.45, 2.75) is 6.42 Å². The smallest absolute Gasteiger partial charge is 0.187 e. The highest BCUT2D eigenvalue weighted by Crippen LogP contribution is 2.20. The van der Waals surface area contributed by atoms with Crippen LogP contribution in [0.25, 0.3) is 0 Å². The van der Waals surface area contributed by atoms with Gasteiger partial charge in [-0.05, 0) is 11.6 Å². The molecule has 0 atom stereocenters. The fourth-order valence-electron chi connectivity index (χ4n) is 1.51. The number of Topliss-reactive ketones (excluding diaryl/α,β-unsaturated/α-hetero) is 1. The Bertz CT molecular complexity index is 565. The summed E-state index contributed by atoms with van der Waals surface area (Å²) in [5.74, 6) is -0.698. The largest absolute Gasteiger partial charge is 0.340 e. The van der Waals surface area contributed by atoms with Crippen molar-refractivity contribution in [1.82, 2.24) is 9.55 Å². The molecule has 1 aromatic carbocycles. The maximum Gasteiger partial charge on any atom is 0.187 e. The van der Waals surface area contributed by atoms with Gasteiger partial charge in [0.25, 0.3) is 0 Å². The van der Waals surface area contributed by atoms with E-state index in [-0.39, 0.29) is 17.2 Å². The Hall–Kier alpha value is -1.68. The summed E-state index contributed by atoms with van der Waals surface area (Å²) in [5.41, 5.74) is 0.829. The molecule has 88 valence electrons. The Balaban J connectivity index is 2.21. The first kappa shape index (κ1) is 11.8. The third-order valence-electron chi connectivity index (χ3n) is 2.37. The molecule has 0 amide bonds. The second-order valence-corrected chi connectivity index (χ2v) is 4.12. The highest BCUT2D eigenvalue weighted by molar-refractivity contribution is 6.31. The van der Waals surface area contributed by atoms with Crippen molar-refractivity contribution >= 4 is 17.4 Å². The molecule has 1 aromatic heterocycles. The summed E-state index contributed by atoms with van der Waals surface area (Å²) in [4.78, 5) is 15.8. The van der Waals surface area contributed by atoms with Gasteiger partial charge in [0, 0.05) is 19.7 Å². The monoisotopic (exact) mass is 252 g/mol. The van der Waals surface area contributed by atoms with Gasteiger partial charge in [0.15, 0.2) is 5.78 Å². The molecule has 0 spiro atoms. The third kappa shape index (κ3) is 2.53. The van der Waals surface area contributed by atoms with Gasteiger partial charge in [-0.3, -0.25) is 4.79 Å². The number of ketones is 1. The van der Waals surface area contributed by atoms with Crippen molar-refractivity contribution in [3.05, 3.63) is 52.8 Å². The average molecular weight is 253 g/mol. The van der Waals surface area contributed by atoms with Crippen molar-refractivity contribution < 1.29 is 9.18 Å². The molecule has 17 heavy (non-hydrogen) atoms. The van der Waals surface area contributed by atoms with Crippen LogP contribution in [0.1, 0.15) is 16.1 Å². The number of rotatable bonds is 3. The molecule has 2 rings (SSSR count). The van der Waals surface area contributed by atoms with Crippen molar-refractivity contribution in [3.8, 4) is 0 Å². The first-order chi connectivity index (χ1) is 8.08. The molecule has 3 nitrogen and oxygen atoms in total. The molecule has 0 fully saturated rings. The summed E-state index contributed by atoms with van der Waals surface area (Å²) in [7, 11) is 1.78. The van der Waals surface area contributed by atoms with E-state index in [1.54, 1.807) is 30.2 Å². The van der Waals surface area contributed by atoms with Gasteiger partial charge in [0.05, 0.1) is 11.3 Å². The fourth-order valence-corrected chi connectivity index (χ4v) is 1.70. The van der Waals surface area contributed by atoms with Crippen molar-refractivity contribution in [1.29, 1.82) is 0 Å². The number of carbonyl (C=O) groups is 1. The van der Waals surface area contributed by atoms with Gasteiger partial charge in [0.1, 0.15) is 11.5 Å². The SMILES string of the molecule is Cn1cnc(C(=O)Cc2cccc(F)c2Cl)c1. The van der Waals surface area contributed by atoms with Crippen LogP contribution in [-0.2, 0) is 13.5 Å². The number of aryl methyl sites for hydroxylation is 1. The van der Waals surface area contributed by atoms with Crippen LogP contribution in [0, 0.1) is 5.82 Å². The predicted molar refractivity (Wildman–Crippen MR) is 62.7 cm³/mol. The van der Waals surface area contributed by atoms with E-state index in [0.29, 0.717) is 11.3 Å². The lowest BCUT2D eigenvalue weighted by molar-refractivity contribution is 0.0988. The lowest BCUT2D eigenvalue weighted by atomic mass is 10.1. The molecular weight excluding hydrogens is 243 g/mol. The number of halogens is 2. The number of hydrogen-bond donors (Lipinski definition) is 0. The first-order valence-corrected chi connectivity index (χ1v) is 5.40. The van der Waals surface area contributed by atoms with Gasteiger partial charge >= 0.3 is 0 Å². The number of carbonyl (C=O) groups excluding carboxylic acids is 1. The van der Waals surface area contributed by atoms with Crippen LogP contribution in [-0.4, -0.2) is 15.3 Å². The standard InChI is InChI=1S/C12H10ClFN2O/c1-16-6-10(15-7-16)11(17)5-8-3-2-4-9(14)12(8)13/h2-4,6-7H,5H2,1H3. The van der Waals surface area contributed by atoms with E-state index < -0.39 is 5.82 Å². The molecule has 0 aliphatic heterocycles. The molecule has 0 unspecified atom stereocenters. The maximum absolute atomic E-state index is 13.2. The third-order valence-corrected chi connectivity index (χ3v) is 2.80. The van der Waals surface area contributed by atoms with Crippen LogP contribution in [0.4, 0.5) is 4.39 Å². The topological polar surface area (TPSA) is 34.9 Å². The molecular formula is C12H10ClFN2O. The molecule has 0 saturated heterocycles. The van der Waals surface area contributed by atoms with Crippen LogP contribution in [0.3, 0.4) is 0 Å². The Morgan fingerprint density at radius 1 is 1.53 bits per heavy atom. The summed E-state index contributed by atoms with van der Waals surface area (Å²) in [5, 5.41) is -0.00298. The zero-order chi connectivity index (χ0) is 12.4. The maximum atomic E-state index is 13.2. The number of aromatic nitrogens is 2. The number of hydrogen-bond acceptors (Lipinski definition) is 2. The zero-order valence-electron chi connectivity index (χ0n) is 9.15. The lowest BCUT2D eigenvalue weighted by Gasteiger charge is -2.02. The highest BCUT2D eigenvalue weighted by atomic mass is 35.5. The van der Waals surface area contributed by atoms with Gasteiger partial charge in [-0.15, -0.1) is 0 Å². The highest BCUT2D eigenvalue weighted by Gasteiger charge is 2.13. The van der Waals surface area contributed by atoms with E-state index in [2.05, 4.69) is 4.98 Å². The van der Waals surface area contributed by atoms with E-state index in [4.69, 9.17) is 11.6 Å². The summed E-state index contributed by atoms with van der Waals surface area (Å²) < 4.78 is 14.9. The average Bonchev–Trinajstić information content (AvgIpc) is 2.72. The molecule has 2 aromatic rings. The molecule has 0 aliphatic rings. The van der Waals surface area contributed by atoms with E-state index in [9.17, 15) is 9.18 Å². The minimum Gasteiger partial charge on any atom is -0.340 e. The minimum atomic E-state index is -0.516. The summed E-state index contributed by atoms with van der Waals surface area (Å²) >= 11 is 5.78. The quantitative estimate of drug-likeness (QED) is 0.787. The number of nitrogens with zero attached hydrogens (tertiary/aromatic N) is 2. The van der Waals surface area contributed by atoms with Crippen LogP contribution in [0.2, 0.25) is 5.02 Å². The molecule has 0 saturated carbocycles.